The van der Waals surface area contributed by atoms with Crippen LogP contribution in [0, 0.1) is 0 Å². The summed E-state index contributed by atoms with van der Waals surface area (Å²) in [7, 11) is 0. The fraction of sp³-hybridized carbons (Fsp3) is 0.727. The van der Waals surface area contributed by atoms with Gasteiger partial charge in [-0.3, -0.25) is 4.79 Å². The number of aliphatic carboxylic acids is 1. The van der Waals surface area contributed by atoms with Crippen LogP contribution in [0.2, 0.25) is 0 Å². The van der Waals surface area contributed by atoms with E-state index in [1.165, 1.54) is 13.8 Å². The first-order valence-electron chi connectivity index (χ1n) is 5.53. The molecule has 0 saturated carbocycles. The first kappa shape index (κ1) is 16.2. The fourth-order valence-electron chi connectivity index (χ4n) is 0.947. The number of hydrogen-bond acceptors (Lipinski definition) is 5. The lowest BCUT2D eigenvalue weighted by Crippen LogP contribution is -2.52. The monoisotopic (exact) mass is 259 g/mol. The summed E-state index contributed by atoms with van der Waals surface area (Å²) >= 11 is 0. The molecule has 7 nitrogen and oxygen atoms in total. The van der Waals surface area contributed by atoms with Crippen molar-refractivity contribution in [2.75, 3.05) is 0 Å². The van der Waals surface area contributed by atoms with Crippen molar-refractivity contribution in [2.24, 2.45) is 0 Å². The summed E-state index contributed by atoms with van der Waals surface area (Å²) in [5, 5.41) is 14.9. The average molecular weight is 259 g/mol. The molecule has 2 N–H and O–H groups in total. The third kappa shape index (κ3) is 6.72. The average Bonchev–Trinajstić information content (AvgIpc) is 2.13. The van der Waals surface area contributed by atoms with E-state index >= 15 is 0 Å². The molecule has 2 amide bonds. The molecule has 0 fully saturated rings. The lowest BCUT2D eigenvalue weighted by molar-refractivity contribution is -0.307. The maximum Gasteiger partial charge on any atom is 0.408 e. The van der Waals surface area contributed by atoms with Gasteiger partial charge in [-0.2, -0.15) is 0 Å². The molecule has 0 spiro atoms. The van der Waals surface area contributed by atoms with Crippen molar-refractivity contribution in [2.45, 2.75) is 52.3 Å². The lowest BCUT2D eigenvalue weighted by Gasteiger charge is -2.22. The molecule has 0 rings (SSSR count). The van der Waals surface area contributed by atoms with Gasteiger partial charge < -0.3 is 25.3 Å². The van der Waals surface area contributed by atoms with E-state index in [0.29, 0.717) is 0 Å². The third-order valence-electron chi connectivity index (χ3n) is 1.84. The Hall–Kier alpha value is -1.79. The zero-order valence-corrected chi connectivity index (χ0v) is 11.2. The highest BCUT2D eigenvalue weighted by molar-refractivity contribution is 5.88. The Morgan fingerprint density at radius 1 is 1.06 bits per heavy atom. The second-order valence-corrected chi connectivity index (χ2v) is 4.92. The number of alkyl carbamates (subject to hydrolysis) is 1. The first-order valence-corrected chi connectivity index (χ1v) is 5.53. The highest BCUT2D eigenvalue weighted by Crippen LogP contribution is 2.06. The van der Waals surface area contributed by atoms with Crippen molar-refractivity contribution >= 4 is 18.0 Å². The van der Waals surface area contributed by atoms with E-state index in [0.717, 1.165) is 0 Å². The number of carboxylic acids is 1. The van der Waals surface area contributed by atoms with E-state index in [4.69, 9.17) is 4.74 Å². The van der Waals surface area contributed by atoms with Gasteiger partial charge in [0.1, 0.15) is 11.6 Å². The maximum absolute atomic E-state index is 11.5. The number of ether oxygens (including phenoxy) is 1. The van der Waals surface area contributed by atoms with Crippen LogP contribution in [0.4, 0.5) is 4.79 Å². The van der Waals surface area contributed by atoms with E-state index in [-0.39, 0.29) is 0 Å². The number of carbonyl (C=O) groups is 3. The predicted octanol–water partition coefficient (Wildman–Crippen LogP) is -0.846. The largest absolute Gasteiger partial charge is 0.548 e. The van der Waals surface area contributed by atoms with Crippen LogP contribution in [0.5, 0.6) is 0 Å². The van der Waals surface area contributed by atoms with Gasteiger partial charge in [-0.1, -0.05) is 0 Å². The highest BCUT2D eigenvalue weighted by Gasteiger charge is 2.21. The molecular formula is C11H19N2O5-. The molecule has 0 saturated heterocycles. The van der Waals surface area contributed by atoms with Gasteiger partial charge in [0, 0.05) is 0 Å². The van der Waals surface area contributed by atoms with Crippen molar-refractivity contribution < 1.29 is 24.2 Å². The summed E-state index contributed by atoms with van der Waals surface area (Å²) in [6.45, 7) is 7.76. The molecule has 18 heavy (non-hydrogen) atoms. The van der Waals surface area contributed by atoms with Crippen molar-refractivity contribution in [1.29, 1.82) is 0 Å². The van der Waals surface area contributed by atoms with Crippen LogP contribution >= 0.6 is 0 Å². The van der Waals surface area contributed by atoms with E-state index in [1.54, 1.807) is 20.8 Å². The minimum atomic E-state index is -1.40. The molecule has 0 unspecified atom stereocenters. The van der Waals surface area contributed by atoms with Crippen LogP contribution in [0.15, 0.2) is 0 Å². The molecule has 0 heterocycles. The molecule has 0 aliphatic carbocycles. The van der Waals surface area contributed by atoms with Gasteiger partial charge in [0.05, 0.1) is 12.0 Å². The third-order valence-corrected chi connectivity index (χ3v) is 1.84. The number of carbonyl (C=O) groups excluding carboxylic acids is 3. The summed E-state index contributed by atoms with van der Waals surface area (Å²) < 4.78 is 4.95. The van der Waals surface area contributed by atoms with Crippen LogP contribution in [0.25, 0.3) is 0 Å². The molecule has 0 aromatic carbocycles. The summed E-state index contributed by atoms with van der Waals surface area (Å²) in [6, 6.07) is -2.03. The van der Waals surface area contributed by atoms with E-state index < -0.39 is 35.7 Å². The van der Waals surface area contributed by atoms with E-state index in [1.807, 2.05) is 0 Å². The van der Waals surface area contributed by atoms with Crippen molar-refractivity contribution in [1.82, 2.24) is 10.6 Å². The highest BCUT2D eigenvalue weighted by atomic mass is 16.6. The van der Waals surface area contributed by atoms with Crippen LogP contribution in [-0.4, -0.2) is 35.7 Å². The summed E-state index contributed by atoms with van der Waals surface area (Å²) in [5.74, 6) is -2.02. The zero-order valence-electron chi connectivity index (χ0n) is 11.2. The number of carboxylic acid groups (broad SMARTS) is 1. The van der Waals surface area contributed by atoms with Crippen molar-refractivity contribution in [3.05, 3.63) is 0 Å². The first-order chi connectivity index (χ1) is 8.03. The Labute approximate surface area is 106 Å². The van der Waals surface area contributed by atoms with Gasteiger partial charge >= 0.3 is 6.09 Å². The van der Waals surface area contributed by atoms with Gasteiger partial charge in [0.2, 0.25) is 5.91 Å². The SMILES string of the molecule is C[C@H](NC(=O)[C@@H](C)NC(=O)OC(C)(C)C)C(=O)[O-]. The minimum absolute atomic E-state index is 0.627. The Kier molecular flexibility index (Phi) is 5.61. The standard InChI is InChI=1S/C11H20N2O5/c1-6(8(14)12-7(2)9(15)16)13-10(17)18-11(3,4)5/h6-7H,1-5H3,(H,12,14)(H,13,17)(H,15,16)/p-1/t6-,7+/m1/s1. The quantitative estimate of drug-likeness (QED) is 0.684. The molecule has 104 valence electrons. The summed E-state index contributed by atoms with van der Waals surface area (Å²) in [4.78, 5) is 33.3. The molecule has 7 heteroatoms. The van der Waals surface area contributed by atoms with Gasteiger partial charge in [-0.15, -0.1) is 0 Å². The van der Waals surface area contributed by atoms with Gasteiger partial charge in [-0.25, -0.2) is 4.79 Å². The predicted molar refractivity (Wildman–Crippen MR) is 61.4 cm³/mol. The fourth-order valence-corrected chi connectivity index (χ4v) is 0.947. The second kappa shape index (κ2) is 6.23. The Morgan fingerprint density at radius 3 is 1.94 bits per heavy atom. The van der Waals surface area contributed by atoms with Crippen molar-refractivity contribution in [3.63, 3.8) is 0 Å². The zero-order chi connectivity index (χ0) is 14.5. The Morgan fingerprint density at radius 2 is 1.56 bits per heavy atom. The molecule has 0 aromatic rings. The van der Waals surface area contributed by atoms with E-state index in [2.05, 4.69) is 10.6 Å². The van der Waals surface area contributed by atoms with Crippen LogP contribution in [0.1, 0.15) is 34.6 Å². The Balaban J connectivity index is 4.24. The molecule has 0 bridgehead atoms. The van der Waals surface area contributed by atoms with Crippen LogP contribution in [0.3, 0.4) is 0 Å². The topological polar surface area (TPSA) is 108 Å². The summed E-state index contributed by atoms with van der Waals surface area (Å²) in [6.07, 6.45) is -0.744. The van der Waals surface area contributed by atoms with Gasteiger partial charge in [-0.05, 0) is 34.6 Å². The normalized spacial score (nSPS) is 14.3. The minimum Gasteiger partial charge on any atom is -0.548 e. The summed E-state index contributed by atoms with van der Waals surface area (Å²) in [5.41, 5.74) is -0.668. The Bertz CT molecular complexity index is 335. The molecule has 0 radical (unpaired) electrons. The van der Waals surface area contributed by atoms with E-state index in [9.17, 15) is 19.5 Å². The van der Waals surface area contributed by atoms with Gasteiger partial charge in [0.15, 0.2) is 0 Å². The number of hydrogen-bond donors (Lipinski definition) is 2. The number of rotatable bonds is 4. The molecule has 0 aliphatic heterocycles. The smallest absolute Gasteiger partial charge is 0.408 e. The van der Waals surface area contributed by atoms with Gasteiger partial charge in [0.25, 0.3) is 0 Å². The maximum atomic E-state index is 11.5. The molecule has 0 aliphatic rings. The van der Waals surface area contributed by atoms with Crippen molar-refractivity contribution in [3.8, 4) is 0 Å². The molecule has 0 aromatic heterocycles. The molecule has 2 atom stereocenters. The lowest BCUT2D eigenvalue weighted by atomic mass is 10.2. The second-order valence-electron chi connectivity index (χ2n) is 4.92. The van der Waals surface area contributed by atoms with Crippen LogP contribution in [-0.2, 0) is 14.3 Å². The number of nitrogens with one attached hydrogen (secondary N) is 2. The molecular weight excluding hydrogens is 240 g/mol. The van der Waals surface area contributed by atoms with Crippen LogP contribution < -0.4 is 15.7 Å². The number of amides is 2.